The van der Waals surface area contributed by atoms with E-state index in [2.05, 4.69) is 34.3 Å². The third-order valence-electron chi connectivity index (χ3n) is 2.23. The molecule has 0 spiro atoms. The van der Waals surface area contributed by atoms with Gasteiger partial charge in [-0.15, -0.1) is 11.3 Å². The van der Waals surface area contributed by atoms with Crippen molar-refractivity contribution in [2.24, 2.45) is 0 Å². The molecule has 0 aliphatic rings. The van der Waals surface area contributed by atoms with Crippen molar-refractivity contribution in [3.63, 3.8) is 0 Å². The maximum Gasteiger partial charge on any atom is 0.115 e. The van der Waals surface area contributed by atoms with Gasteiger partial charge in [0, 0.05) is 16.0 Å². The number of nitrogens with zero attached hydrogens (tertiary/aromatic N) is 2. The van der Waals surface area contributed by atoms with Gasteiger partial charge in [0.05, 0.1) is 11.7 Å². The van der Waals surface area contributed by atoms with Crippen LogP contribution in [0.3, 0.4) is 0 Å². The summed E-state index contributed by atoms with van der Waals surface area (Å²) in [4.78, 5) is 10.8. The van der Waals surface area contributed by atoms with Crippen molar-refractivity contribution in [2.45, 2.75) is 13.0 Å². The molecule has 0 aromatic carbocycles. The number of thiophene rings is 1. The zero-order valence-corrected chi connectivity index (χ0v) is 9.58. The van der Waals surface area contributed by atoms with Crippen LogP contribution in [0.5, 0.6) is 0 Å². The summed E-state index contributed by atoms with van der Waals surface area (Å²) in [6.45, 7) is 2.11. The molecule has 0 radical (unpaired) electrons. The van der Waals surface area contributed by atoms with Gasteiger partial charge in [0.25, 0.3) is 0 Å². The van der Waals surface area contributed by atoms with E-state index in [-0.39, 0.29) is 6.04 Å². The molecule has 4 heteroatoms. The minimum absolute atomic E-state index is 0.173. The predicted molar refractivity (Wildman–Crippen MR) is 62.0 cm³/mol. The molecule has 2 aromatic rings. The van der Waals surface area contributed by atoms with Crippen LogP contribution in [0.1, 0.15) is 21.5 Å². The highest BCUT2D eigenvalue weighted by molar-refractivity contribution is 7.12. The summed E-state index contributed by atoms with van der Waals surface area (Å²) in [5.74, 6) is 0. The van der Waals surface area contributed by atoms with E-state index in [1.807, 2.05) is 13.1 Å². The van der Waals surface area contributed by atoms with Crippen LogP contribution in [0.4, 0.5) is 0 Å². The van der Waals surface area contributed by atoms with Crippen molar-refractivity contribution in [2.75, 3.05) is 7.05 Å². The van der Waals surface area contributed by atoms with Gasteiger partial charge in [-0.05, 0) is 32.2 Å². The lowest BCUT2D eigenvalue weighted by Crippen LogP contribution is -2.17. The standard InChI is InChI=1S/C11H13N3S/c1-8-3-4-10(15-8)11(12-2)9-5-6-13-7-14-9/h3-7,11-12H,1-2H3. The first-order chi connectivity index (χ1) is 7.31. The lowest BCUT2D eigenvalue weighted by atomic mass is 10.1. The van der Waals surface area contributed by atoms with Crippen LogP contribution in [0.25, 0.3) is 0 Å². The maximum absolute atomic E-state index is 4.27. The van der Waals surface area contributed by atoms with E-state index in [9.17, 15) is 0 Å². The zero-order chi connectivity index (χ0) is 10.7. The first-order valence-electron chi connectivity index (χ1n) is 4.81. The van der Waals surface area contributed by atoms with Crippen LogP contribution in [-0.4, -0.2) is 17.0 Å². The second kappa shape index (κ2) is 4.51. The summed E-state index contributed by atoms with van der Waals surface area (Å²) in [7, 11) is 1.95. The molecule has 0 bridgehead atoms. The number of rotatable bonds is 3. The molecule has 2 heterocycles. The molecule has 0 amide bonds. The van der Waals surface area contributed by atoms with Crippen LogP contribution in [0.15, 0.2) is 30.7 Å². The van der Waals surface area contributed by atoms with E-state index < -0.39 is 0 Å². The Labute approximate surface area is 93.2 Å². The first kappa shape index (κ1) is 10.3. The molecule has 1 N–H and O–H groups in total. The van der Waals surface area contributed by atoms with Crippen molar-refractivity contribution in [3.8, 4) is 0 Å². The average Bonchev–Trinajstić information content (AvgIpc) is 2.68. The summed E-state index contributed by atoms with van der Waals surface area (Å²) >= 11 is 1.79. The van der Waals surface area contributed by atoms with Gasteiger partial charge in [-0.1, -0.05) is 0 Å². The Morgan fingerprint density at radius 2 is 2.20 bits per heavy atom. The lowest BCUT2D eigenvalue weighted by molar-refractivity contribution is 0.679. The van der Waals surface area contributed by atoms with Gasteiger partial charge in [0.1, 0.15) is 6.33 Å². The first-order valence-corrected chi connectivity index (χ1v) is 5.62. The molecule has 0 saturated heterocycles. The summed E-state index contributed by atoms with van der Waals surface area (Å²) < 4.78 is 0. The minimum atomic E-state index is 0.173. The summed E-state index contributed by atoms with van der Waals surface area (Å²) in [5, 5.41) is 3.27. The smallest absolute Gasteiger partial charge is 0.115 e. The fraction of sp³-hybridized carbons (Fsp3) is 0.273. The molecule has 2 rings (SSSR count). The summed E-state index contributed by atoms with van der Waals surface area (Å²) in [6.07, 6.45) is 3.35. The van der Waals surface area contributed by atoms with Crippen LogP contribution in [-0.2, 0) is 0 Å². The van der Waals surface area contributed by atoms with Crippen LogP contribution in [0, 0.1) is 6.92 Å². The average molecular weight is 219 g/mol. The Hall–Kier alpha value is -1.26. The molecule has 3 nitrogen and oxygen atoms in total. The highest BCUT2D eigenvalue weighted by Gasteiger charge is 2.14. The maximum atomic E-state index is 4.27. The predicted octanol–water partition coefficient (Wildman–Crippen LogP) is 2.16. The fourth-order valence-electron chi connectivity index (χ4n) is 1.52. The van der Waals surface area contributed by atoms with Crippen molar-refractivity contribution in [1.29, 1.82) is 0 Å². The quantitative estimate of drug-likeness (QED) is 0.859. The van der Waals surface area contributed by atoms with Gasteiger partial charge in [-0.3, -0.25) is 0 Å². The molecule has 0 fully saturated rings. The number of hydrogen-bond acceptors (Lipinski definition) is 4. The fourth-order valence-corrected chi connectivity index (χ4v) is 2.52. The Morgan fingerprint density at radius 3 is 2.73 bits per heavy atom. The number of aromatic nitrogens is 2. The van der Waals surface area contributed by atoms with Crippen LogP contribution in [0.2, 0.25) is 0 Å². The van der Waals surface area contributed by atoms with Gasteiger partial charge in [-0.25, -0.2) is 9.97 Å². The van der Waals surface area contributed by atoms with Gasteiger partial charge < -0.3 is 5.32 Å². The zero-order valence-electron chi connectivity index (χ0n) is 8.77. The Morgan fingerprint density at radius 1 is 1.33 bits per heavy atom. The number of hydrogen-bond donors (Lipinski definition) is 1. The molecule has 1 atom stereocenters. The second-order valence-corrected chi connectivity index (χ2v) is 4.62. The van der Waals surface area contributed by atoms with E-state index >= 15 is 0 Å². The third kappa shape index (κ3) is 2.22. The van der Waals surface area contributed by atoms with Crippen molar-refractivity contribution in [1.82, 2.24) is 15.3 Å². The van der Waals surface area contributed by atoms with E-state index in [1.165, 1.54) is 9.75 Å². The van der Waals surface area contributed by atoms with Crippen molar-refractivity contribution in [3.05, 3.63) is 46.2 Å². The monoisotopic (exact) mass is 219 g/mol. The molecule has 1 unspecified atom stereocenters. The Balaban J connectivity index is 2.33. The molecular formula is C11H13N3S. The van der Waals surface area contributed by atoms with E-state index in [0.29, 0.717) is 0 Å². The molecule has 0 aliphatic heterocycles. The Bertz CT molecular complexity index is 424. The molecule has 78 valence electrons. The van der Waals surface area contributed by atoms with Crippen molar-refractivity contribution >= 4 is 11.3 Å². The van der Waals surface area contributed by atoms with Crippen molar-refractivity contribution < 1.29 is 0 Å². The molecule has 15 heavy (non-hydrogen) atoms. The van der Waals surface area contributed by atoms with Gasteiger partial charge >= 0.3 is 0 Å². The van der Waals surface area contributed by atoms with Crippen LogP contribution >= 0.6 is 11.3 Å². The molecular weight excluding hydrogens is 206 g/mol. The topological polar surface area (TPSA) is 37.8 Å². The SMILES string of the molecule is CNC(c1ccncn1)c1ccc(C)s1. The number of aryl methyl sites for hydroxylation is 1. The van der Waals surface area contributed by atoms with Gasteiger partial charge in [-0.2, -0.15) is 0 Å². The largest absolute Gasteiger partial charge is 0.307 e. The second-order valence-electron chi connectivity index (χ2n) is 3.30. The highest BCUT2D eigenvalue weighted by atomic mass is 32.1. The van der Waals surface area contributed by atoms with Gasteiger partial charge in [0.15, 0.2) is 0 Å². The number of nitrogens with one attached hydrogen (secondary N) is 1. The van der Waals surface area contributed by atoms with E-state index in [0.717, 1.165) is 5.69 Å². The van der Waals surface area contributed by atoms with E-state index in [4.69, 9.17) is 0 Å². The summed E-state index contributed by atoms with van der Waals surface area (Å²) in [6, 6.07) is 6.39. The normalized spacial score (nSPS) is 12.7. The minimum Gasteiger partial charge on any atom is -0.307 e. The van der Waals surface area contributed by atoms with Gasteiger partial charge in [0.2, 0.25) is 0 Å². The molecule has 0 saturated carbocycles. The lowest BCUT2D eigenvalue weighted by Gasteiger charge is -2.12. The summed E-state index contributed by atoms with van der Waals surface area (Å²) in [5.41, 5.74) is 1.01. The van der Waals surface area contributed by atoms with Crippen LogP contribution < -0.4 is 5.32 Å². The van der Waals surface area contributed by atoms with E-state index in [1.54, 1.807) is 23.9 Å². The molecule has 0 aliphatic carbocycles. The molecule has 2 aromatic heterocycles. The Kier molecular flexibility index (Phi) is 3.08. The highest BCUT2D eigenvalue weighted by Crippen LogP contribution is 2.26. The third-order valence-corrected chi connectivity index (χ3v) is 3.30.